The second-order valence-corrected chi connectivity index (χ2v) is 5.54. The molecule has 1 saturated heterocycles. The van der Waals surface area contributed by atoms with Crippen molar-refractivity contribution in [3.8, 4) is 0 Å². The van der Waals surface area contributed by atoms with Crippen molar-refractivity contribution in [2.24, 2.45) is 5.92 Å². The van der Waals surface area contributed by atoms with Crippen LogP contribution < -0.4 is 10.6 Å². The number of hydrogen-bond acceptors (Lipinski definition) is 4. The lowest BCUT2D eigenvalue weighted by molar-refractivity contribution is -0.121. The highest BCUT2D eigenvalue weighted by Crippen LogP contribution is 2.18. The summed E-state index contributed by atoms with van der Waals surface area (Å²) in [6.07, 6.45) is 1.26. The lowest BCUT2D eigenvalue weighted by atomic mass is 9.94. The fourth-order valence-electron chi connectivity index (χ4n) is 1.81. The molecule has 5 heteroatoms. The summed E-state index contributed by atoms with van der Waals surface area (Å²) in [5.74, 6) is 0.403. The minimum atomic E-state index is -0.720. The Morgan fingerprint density at radius 2 is 1.94 bits per heavy atom. The summed E-state index contributed by atoms with van der Waals surface area (Å²) in [6, 6.07) is 0.172. The number of carbonyl (C=O) groups is 1. The molecule has 0 spiro atoms. The molecule has 0 bridgehead atoms. The Morgan fingerprint density at radius 3 is 2.50 bits per heavy atom. The molecule has 106 valence electrons. The summed E-state index contributed by atoms with van der Waals surface area (Å²) < 4.78 is 5.20. The number of nitrogens with one attached hydrogen (secondary N) is 2. The van der Waals surface area contributed by atoms with Gasteiger partial charge in [-0.05, 0) is 12.8 Å². The fraction of sp³-hybridized carbons (Fsp3) is 0.923. The van der Waals surface area contributed by atoms with Gasteiger partial charge in [-0.15, -0.1) is 0 Å². The van der Waals surface area contributed by atoms with Crippen LogP contribution in [0.1, 0.15) is 33.6 Å². The summed E-state index contributed by atoms with van der Waals surface area (Å²) >= 11 is 0. The molecule has 5 nitrogen and oxygen atoms in total. The van der Waals surface area contributed by atoms with E-state index in [2.05, 4.69) is 24.5 Å². The molecule has 1 aliphatic heterocycles. The second kappa shape index (κ2) is 7.07. The van der Waals surface area contributed by atoms with E-state index in [1.807, 2.05) is 6.92 Å². The number of ether oxygens (including phenoxy) is 1. The largest absolute Gasteiger partial charge is 0.388 e. The number of aliphatic hydroxyl groups is 1. The van der Waals surface area contributed by atoms with E-state index in [-0.39, 0.29) is 18.5 Å². The van der Waals surface area contributed by atoms with Gasteiger partial charge in [-0.2, -0.15) is 0 Å². The molecule has 1 aliphatic rings. The van der Waals surface area contributed by atoms with E-state index in [0.717, 1.165) is 0 Å². The van der Waals surface area contributed by atoms with E-state index in [4.69, 9.17) is 4.74 Å². The van der Waals surface area contributed by atoms with Gasteiger partial charge in [0.25, 0.3) is 0 Å². The minimum Gasteiger partial charge on any atom is -0.388 e. The Morgan fingerprint density at radius 1 is 1.33 bits per heavy atom. The van der Waals surface area contributed by atoms with Gasteiger partial charge in [0.2, 0.25) is 5.91 Å². The first kappa shape index (κ1) is 15.4. The molecule has 1 amide bonds. The molecule has 3 N–H and O–H groups in total. The van der Waals surface area contributed by atoms with Crippen LogP contribution in [-0.2, 0) is 9.53 Å². The number of carbonyl (C=O) groups excluding carboxylic acids is 1. The van der Waals surface area contributed by atoms with Gasteiger partial charge in [0.1, 0.15) is 0 Å². The Hall–Kier alpha value is -0.650. The predicted molar refractivity (Wildman–Crippen MR) is 70.3 cm³/mol. The molecule has 0 aromatic rings. The van der Waals surface area contributed by atoms with Crippen LogP contribution in [0.4, 0.5) is 0 Å². The lowest BCUT2D eigenvalue weighted by Gasteiger charge is -2.32. The Labute approximate surface area is 109 Å². The van der Waals surface area contributed by atoms with Crippen molar-refractivity contribution in [3.05, 3.63) is 0 Å². The third-order valence-corrected chi connectivity index (χ3v) is 3.55. The maximum atomic E-state index is 11.6. The van der Waals surface area contributed by atoms with E-state index in [1.165, 1.54) is 0 Å². The molecule has 0 aromatic carbocycles. The van der Waals surface area contributed by atoms with Crippen LogP contribution in [0.5, 0.6) is 0 Å². The zero-order valence-corrected chi connectivity index (χ0v) is 11.7. The van der Waals surface area contributed by atoms with E-state index >= 15 is 0 Å². The van der Waals surface area contributed by atoms with Crippen molar-refractivity contribution in [2.75, 3.05) is 26.3 Å². The molecule has 1 heterocycles. The highest BCUT2D eigenvalue weighted by Gasteiger charge is 2.29. The minimum absolute atomic E-state index is 0.0214. The van der Waals surface area contributed by atoms with Gasteiger partial charge in [0, 0.05) is 38.6 Å². The third kappa shape index (κ3) is 5.33. The number of rotatable bonds is 6. The van der Waals surface area contributed by atoms with Crippen molar-refractivity contribution in [2.45, 2.75) is 45.3 Å². The quantitative estimate of drug-likeness (QED) is 0.640. The smallest absolute Gasteiger partial charge is 0.234 e. The van der Waals surface area contributed by atoms with Gasteiger partial charge in [0.15, 0.2) is 0 Å². The monoisotopic (exact) mass is 258 g/mol. The molecule has 1 unspecified atom stereocenters. The molecule has 0 aromatic heterocycles. The van der Waals surface area contributed by atoms with Crippen LogP contribution in [0, 0.1) is 5.92 Å². The van der Waals surface area contributed by atoms with E-state index in [9.17, 15) is 9.90 Å². The highest BCUT2D eigenvalue weighted by atomic mass is 16.5. The average molecular weight is 258 g/mol. The molecule has 0 saturated carbocycles. The Balaban J connectivity index is 2.18. The topological polar surface area (TPSA) is 70.6 Å². The van der Waals surface area contributed by atoms with Crippen LogP contribution in [0.3, 0.4) is 0 Å². The van der Waals surface area contributed by atoms with Crippen molar-refractivity contribution < 1.29 is 14.6 Å². The molecular formula is C13H26N2O3. The molecule has 1 fully saturated rings. The summed E-state index contributed by atoms with van der Waals surface area (Å²) in [6.45, 7) is 8.02. The van der Waals surface area contributed by atoms with Crippen LogP contribution >= 0.6 is 0 Å². The average Bonchev–Trinajstić information content (AvgIpc) is 2.29. The zero-order chi connectivity index (χ0) is 13.6. The molecule has 18 heavy (non-hydrogen) atoms. The van der Waals surface area contributed by atoms with Crippen LogP contribution in [-0.4, -0.2) is 49.0 Å². The number of hydrogen-bond donors (Lipinski definition) is 3. The summed E-state index contributed by atoms with van der Waals surface area (Å²) in [5.41, 5.74) is -0.720. The fourth-order valence-corrected chi connectivity index (χ4v) is 1.81. The summed E-state index contributed by atoms with van der Waals surface area (Å²) in [5, 5.41) is 16.1. The molecular weight excluding hydrogens is 232 g/mol. The van der Waals surface area contributed by atoms with Gasteiger partial charge >= 0.3 is 0 Å². The first-order valence-corrected chi connectivity index (χ1v) is 6.73. The molecule has 1 atom stereocenters. The van der Waals surface area contributed by atoms with Crippen LogP contribution in [0.15, 0.2) is 0 Å². The zero-order valence-electron chi connectivity index (χ0n) is 11.7. The van der Waals surface area contributed by atoms with Gasteiger partial charge in [-0.1, -0.05) is 13.8 Å². The maximum absolute atomic E-state index is 11.6. The summed E-state index contributed by atoms with van der Waals surface area (Å²) in [7, 11) is 0. The van der Waals surface area contributed by atoms with E-state index in [0.29, 0.717) is 38.5 Å². The summed E-state index contributed by atoms with van der Waals surface area (Å²) in [4.78, 5) is 11.6. The standard InChI is InChI=1S/C13H26N2O3/c1-10(2)11(3)15-12(16)8-14-9-13(17)4-6-18-7-5-13/h10-11,14,17H,4-9H2,1-3H3,(H,15,16). The number of amides is 1. The van der Waals surface area contributed by atoms with Crippen molar-refractivity contribution in [1.29, 1.82) is 0 Å². The van der Waals surface area contributed by atoms with Gasteiger partial charge in [0.05, 0.1) is 12.1 Å². The van der Waals surface area contributed by atoms with Crippen LogP contribution in [0.2, 0.25) is 0 Å². The van der Waals surface area contributed by atoms with E-state index < -0.39 is 5.60 Å². The highest BCUT2D eigenvalue weighted by molar-refractivity contribution is 5.78. The van der Waals surface area contributed by atoms with Gasteiger partial charge in [-0.3, -0.25) is 4.79 Å². The first-order valence-electron chi connectivity index (χ1n) is 6.73. The SMILES string of the molecule is CC(C)C(C)NC(=O)CNCC1(O)CCOCC1. The molecule has 0 aliphatic carbocycles. The molecule has 1 rings (SSSR count). The molecule has 0 radical (unpaired) electrons. The first-order chi connectivity index (χ1) is 8.43. The van der Waals surface area contributed by atoms with Crippen molar-refractivity contribution >= 4 is 5.91 Å². The maximum Gasteiger partial charge on any atom is 0.234 e. The Kier molecular flexibility index (Phi) is 6.05. The lowest BCUT2D eigenvalue weighted by Crippen LogP contribution is -2.48. The van der Waals surface area contributed by atoms with Crippen molar-refractivity contribution in [3.63, 3.8) is 0 Å². The third-order valence-electron chi connectivity index (χ3n) is 3.55. The second-order valence-electron chi connectivity index (χ2n) is 5.54. The van der Waals surface area contributed by atoms with Gasteiger partial charge < -0.3 is 20.5 Å². The van der Waals surface area contributed by atoms with Crippen LogP contribution in [0.25, 0.3) is 0 Å². The predicted octanol–water partition coefficient (Wildman–Crippen LogP) is 0.278. The van der Waals surface area contributed by atoms with E-state index in [1.54, 1.807) is 0 Å². The Bertz CT molecular complexity index is 263. The van der Waals surface area contributed by atoms with Crippen molar-refractivity contribution in [1.82, 2.24) is 10.6 Å². The van der Waals surface area contributed by atoms with Gasteiger partial charge in [-0.25, -0.2) is 0 Å². The normalized spacial score (nSPS) is 20.7.